The summed E-state index contributed by atoms with van der Waals surface area (Å²) >= 11 is 0. The molecule has 0 amide bonds. The van der Waals surface area contributed by atoms with Crippen molar-refractivity contribution in [3.63, 3.8) is 0 Å². The summed E-state index contributed by atoms with van der Waals surface area (Å²) in [6.07, 6.45) is 0.418. The van der Waals surface area contributed by atoms with Gasteiger partial charge in [0.1, 0.15) is 5.82 Å². The number of aromatic nitrogens is 2. The van der Waals surface area contributed by atoms with Gasteiger partial charge in [0.05, 0.1) is 37.5 Å². The molecular formula is C16H22N2O3. The zero-order valence-electron chi connectivity index (χ0n) is 13.1. The number of ether oxygens (including phenoxy) is 3. The monoisotopic (exact) mass is 290 g/mol. The van der Waals surface area contributed by atoms with Gasteiger partial charge in [-0.2, -0.15) is 0 Å². The van der Waals surface area contributed by atoms with Gasteiger partial charge in [0, 0.05) is 18.1 Å². The van der Waals surface area contributed by atoms with E-state index in [1.165, 1.54) is 0 Å². The number of hydrogen-bond donors (Lipinski definition) is 1. The first-order valence-corrected chi connectivity index (χ1v) is 7.32. The number of imidazole rings is 1. The molecule has 1 aliphatic heterocycles. The Morgan fingerprint density at radius 2 is 1.71 bits per heavy atom. The molecule has 21 heavy (non-hydrogen) atoms. The van der Waals surface area contributed by atoms with Gasteiger partial charge >= 0.3 is 0 Å². The van der Waals surface area contributed by atoms with E-state index in [1.54, 1.807) is 14.2 Å². The predicted octanol–water partition coefficient (Wildman–Crippen LogP) is 3.11. The van der Waals surface area contributed by atoms with Gasteiger partial charge in [-0.1, -0.05) is 6.92 Å². The fourth-order valence-electron chi connectivity index (χ4n) is 3.25. The van der Waals surface area contributed by atoms with Crippen LogP contribution in [-0.2, 0) is 4.74 Å². The lowest BCUT2D eigenvalue weighted by Crippen LogP contribution is -2.16. The highest BCUT2D eigenvalue weighted by Gasteiger charge is 2.39. The van der Waals surface area contributed by atoms with E-state index in [0.717, 1.165) is 16.9 Å². The molecular weight excluding hydrogens is 268 g/mol. The molecule has 2 aromatic rings. The Balaban J connectivity index is 2.05. The molecule has 1 aliphatic rings. The molecule has 0 bridgehead atoms. The summed E-state index contributed by atoms with van der Waals surface area (Å²) in [7, 11) is 3.27. The second kappa shape index (κ2) is 5.22. The molecule has 5 heteroatoms. The highest BCUT2D eigenvalue weighted by atomic mass is 16.5. The zero-order chi connectivity index (χ0) is 15.1. The Hall–Kier alpha value is -1.75. The topological polar surface area (TPSA) is 56.4 Å². The van der Waals surface area contributed by atoms with Crippen LogP contribution in [0.2, 0.25) is 0 Å². The fourth-order valence-corrected chi connectivity index (χ4v) is 3.25. The number of aromatic amines is 1. The molecule has 1 aromatic carbocycles. The first-order valence-electron chi connectivity index (χ1n) is 7.32. The largest absolute Gasteiger partial charge is 0.493 e. The van der Waals surface area contributed by atoms with E-state index in [2.05, 4.69) is 25.8 Å². The molecule has 0 spiro atoms. The summed E-state index contributed by atoms with van der Waals surface area (Å²) < 4.78 is 16.6. The Morgan fingerprint density at radius 3 is 2.29 bits per heavy atom. The van der Waals surface area contributed by atoms with Crippen molar-refractivity contribution in [2.75, 3.05) is 14.2 Å². The number of benzene rings is 1. The van der Waals surface area contributed by atoms with Crippen LogP contribution in [0, 0.1) is 5.92 Å². The van der Waals surface area contributed by atoms with E-state index in [0.29, 0.717) is 17.4 Å². The average molecular weight is 290 g/mol. The lowest BCUT2D eigenvalue weighted by Gasteiger charge is -2.15. The third-order valence-electron chi connectivity index (χ3n) is 4.56. The minimum absolute atomic E-state index is 0.166. The standard InChI is InChI=1S/C16H22N2O3/c1-8-9(2)21-10(3)15(8)16-17-11-6-13(19-4)14(20-5)7-12(11)18-16/h6-10,15H,1-5H3,(H,17,18). The molecule has 114 valence electrons. The SMILES string of the molecule is COc1cc2nc(C3C(C)OC(C)C3C)[nH]c2cc1OC. The number of nitrogens with zero attached hydrogens (tertiary/aromatic N) is 1. The Morgan fingerprint density at radius 1 is 1.05 bits per heavy atom. The molecule has 3 rings (SSSR count). The normalized spacial score (nSPS) is 29.0. The average Bonchev–Trinajstić information content (AvgIpc) is 2.97. The number of H-pyrrole nitrogens is 1. The van der Waals surface area contributed by atoms with E-state index in [9.17, 15) is 0 Å². The third kappa shape index (κ3) is 2.25. The summed E-state index contributed by atoms with van der Waals surface area (Å²) in [5.74, 6) is 3.09. The molecule has 4 atom stereocenters. The fraction of sp³-hybridized carbons (Fsp3) is 0.562. The van der Waals surface area contributed by atoms with E-state index in [-0.39, 0.29) is 18.1 Å². The van der Waals surface area contributed by atoms with Crippen LogP contribution in [0.25, 0.3) is 11.0 Å². The number of rotatable bonds is 3. The van der Waals surface area contributed by atoms with E-state index < -0.39 is 0 Å². The van der Waals surface area contributed by atoms with Crippen molar-refractivity contribution in [1.82, 2.24) is 9.97 Å². The van der Waals surface area contributed by atoms with Crippen molar-refractivity contribution in [1.29, 1.82) is 0 Å². The molecule has 5 nitrogen and oxygen atoms in total. The van der Waals surface area contributed by atoms with Gasteiger partial charge in [0.2, 0.25) is 0 Å². The molecule has 1 saturated heterocycles. The number of fused-ring (bicyclic) bond motifs is 1. The summed E-state index contributed by atoms with van der Waals surface area (Å²) in [6, 6.07) is 3.84. The number of methoxy groups -OCH3 is 2. The van der Waals surface area contributed by atoms with Crippen LogP contribution in [-0.4, -0.2) is 36.4 Å². The van der Waals surface area contributed by atoms with E-state index in [4.69, 9.17) is 19.2 Å². The van der Waals surface area contributed by atoms with Crippen LogP contribution in [0.4, 0.5) is 0 Å². The van der Waals surface area contributed by atoms with Crippen LogP contribution in [0.5, 0.6) is 11.5 Å². The van der Waals surface area contributed by atoms with Crippen molar-refractivity contribution in [3.8, 4) is 11.5 Å². The minimum atomic E-state index is 0.166. The van der Waals surface area contributed by atoms with Crippen molar-refractivity contribution in [2.24, 2.45) is 5.92 Å². The van der Waals surface area contributed by atoms with Gasteiger partial charge in [-0.15, -0.1) is 0 Å². The van der Waals surface area contributed by atoms with E-state index in [1.807, 2.05) is 12.1 Å². The maximum atomic E-state index is 5.92. The second-order valence-corrected chi connectivity index (χ2v) is 5.78. The van der Waals surface area contributed by atoms with Crippen LogP contribution < -0.4 is 9.47 Å². The van der Waals surface area contributed by atoms with Gasteiger partial charge in [-0.3, -0.25) is 0 Å². The van der Waals surface area contributed by atoms with Crippen molar-refractivity contribution in [2.45, 2.75) is 38.9 Å². The minimum Gasteiger partial charge on any atom is -0.493 e. The number of hydrogen-bond acceptors (Lipinski definition) is 4. The quantitative estimate of drug-likeness (QED) is 0.943. The molecule has 0 saturated carbocycles. The highest BCUT2D eigenvalue weighted by molar-refractivity contribution is 5.80. The lowest BCUT2D eigenvalue weighted by molar-refractivity contribution is 0.0554. The number of nitrogens with one attached hydrogen (secondary N) is 1. The molecule has 0 radical (unpaired) electrons. The van der Waals surface area contributed by atoms with Crippen molar-refractivity contribution < 1.29 is 14.2 Å². The Kier molecular flexibility index (Phi) is 3.53. The van der Waals surface area contributed by atoms with E-state index >= 15 is 0 Å². The maximum absolute atomic E-state index is 5.92. The van der Waals surface area contributed by atoms with Gasteiger partial charge in [0.25, 0.3) is 0 Å². The summed E-state index contributed by atoms with van der Waals surface area (Å²) in [6.45, 7) is 6.45. The summed E-state index contributed by atoms with van der Waals surface area (Å²) in [4.78, 5) is 8.16. The van der Waals surface area contributed by atoms with Gasteiger partial charge < -0.3 is 19.2 Å². The molecule has 1 fully saturated rings. The van der Waals surface area contributed by atoms with Gasteiger partial charge in [0.15, 0.2) is 11.5 Å². The maximum Gasteiger partial charge on any atom is 0.163 e. The van der Waals surface area contributed by atoms with Crippen LogP contribution >= 0.6 is 0 Å². The molecule has 1 N–H and O–H groups in total. The predicted molar refractivity (Wildman–Crippen MR) is 81.1 cm³/mol. The van der Waals surface area contributed by atoms with Crippen LogP contribution in [0.3, 0.4) is 0 Å². The second-order valence-electron chi connectivity index (χ2n) is 5.78. The summed E-state index contributed by atoms with van der Waals surface area (Å²) in [5, 5.41) is 0. The first kappa shape index (κ1) is 14.2. The van der Waals surface area contributed by atoms with Crippen molar-refractivity contribution >= 4 is 11.0 Å². The molecule has 1 aromatic heterocycles. The smallest absolute Gasteiger partial charge is 0.163 e. The molecule has 2 heterocycles. The zero-order valence-corrected chi connectivity index (χ0v) is 13.1. The Bertz CT molecular complexity index is 611. The Labute approximate surface area is 124 Å². The summed E-state index contributed by atoms with van der Waals surface area (Å²) in [5.41, 5.74) is 1.85. The van der Waals surface area contributed by atoms with Gasteiger partial charge in [-0.25, -0.2) is 4.98 Å². The molecule has 0 aliphatic carbocycles. The lowest BCUT2D eigenvalue weighted by atomic mass is 9.89. The first-order chi connectivity index (χ1) is 10.0. The van der Waals surface area contributed by atoms with Crippen LogP contribution in [0.1, 0.15) is 32.5 Å². The van der Waals surface area contributed by atoms with Gasteiger partial charge in [-0.05, 0) is 19.8 Å². The highest BCUT2D eigenvalue weighted by Crippen LogP contribution is 2.40. The van der Waals surface area contributed by atoms with Crippen LogP contribution in [0.15, 0.2) is 12.1 Å². The third-order valence-corrected chi connectivity index (χ3v) is 4.56. The molecule has 4 unspecified atom stereocenters. The van der Waals surface area contributed by atoms with Crippen molar-refractivity contribution in [3.05, 3.63) is 18.0 Å².